The van der Waals surface area contributed by atoms with E-state index in [2.05, 4.69) is 44.0 Å². The minimum atomic E-state index is 0.624. The smallest absolute Gasteiger partial charge is 0.0727 e. The highest BCUT2D eigenvalue weighted by Crippen LogP contribution is 2.17. The Hall–Kier alpha value is -1.09. The lowest BCUT2D eigenvalue weighted by Gasteiger charge is -2.20. The lowest BCUT2D eigenvalue weighted by Crippen LogP contribution is -2.19. The van der Waals surface area contributed by atoms with Gasteiger partial charge in [0.25, 0.3) is 0 Å². The highest BCUT2D eigenvalue weighted by Gasteiger charge is 2.02. The highest BCUT2D eigenvalue weighted by atomic mass is 32.1. The summed E-state index contributed by atoms with van der Waals surface area (Å²) < 4.78 is 0. The summed E-state index contributed by atoms with van der Waals surface area (Å²) in [5, 5.41) is 0. The van der Waals surface area contributed by atoms with Crippen LogP contribution in [-0.2, 0) is 0 Å². The summed E-state index contributed by atoms with van der Waals surface area (Å²) >= 11 is 4.87. The van der Waals surface area contributed by atoms with Crippen LogP contribution in [-0.4, -0.2) is 18.6 Å². The molecule has 0 bridgehead atoms. The molecular weight excluding hydrogens is 228 g/mol. The predicted molar refractivity (Wildman–Crippen MR) is 79.8 cm³/mol. The number of thiocarbonyl (C=S) groups is 1. The SMILES string of the molecule is Cc1cc(C)cc(N(C)CCCCC(N)=S)c1. The van der Waals surface area contributed by atoms with Crippen molar-refractivity contribution < 1.29 is 0 Å². The van der Waals surface area contributed by atoms with Gasteiger partial charge in [-0.1, -0.05) is 18.3 Å². The van der Waals surface area contributed by atoms with Crippen LogP contribution in [0.25, 0.3) is 0 Å². The molecule has 1 aromatic rings. The van der Waals surface area contributed by atoms with Gasteiger partial charge in [-0.25, -0.2) is 0 Å². The molecule has 0 saturated heterocycles. The monoisotopic (exact) mass is 250 g/mol. The predicted octanol–water partition coefficient (Wildman–Crippen LogP) is 3.20. The van der Waals surface area contributed by atoms with Crippen LogP contribution < -0.4 is 10.6 Å². The third-order valence-electron chi connectivity index (χ3n) is 2.81. The maximum Gasteiger partial charge on any atom is 0.0727 e. The van der Waals surface area contributed by atoms with Gasteiger partial charge < -0.3 is 10.6 Å². The summed E-state index contributed by atoms with van der Waals surface area (Å²) in [5.41, 5.74) is 9.40. The highest BCUT2D eigenvalue weighted by molar-refractivity contribution is 7.80. The van der Waals surface area contributed by atoms with Crippen molar-refractivity contribution in [3.8, 4) is 0 Å². The van der Waals surface area contributed by atoms with E-state index < -0.39 is 0 Å². The Labute approximate surface area is 110 Å². The van der Waals surface area contributed by atoms with Crippen molar-refractivity contribution in [2.24, 2.45) is 5.73 Å². The quantitative estimate of drug-likeness (QED) is 0.621. The van der Waals surface area contributed by atoms with Gasteiger partial charge in [-0.15, -0.1) is 0 Å². The molecule has 0 heterocycles. The molecule has 0 saturated carbocycles. The molecule has 0 radical (unpaired) electrons. The van der Waals surface area contributed by atoms with E-state index in [0.29, 0.717) is 4.99 Å². The van der Waals surface area contributed by atoms with Gasteiger partial charge in [0.1, 0.15) is 0 Å². The van der Waals surface area contributed by atoms with Crippen molar-refractivity contribution in [2.75, 3.05) is 18.5 Å². The normalized spacial score (nSPS) is 10.3. The van der Waals surface area contributed by atoms with Crippen LogP contribution in [0.2, 0.25) is 0 Å². The second kappa shape index (κ2) is 6.60. The van der Waals surface area contributed by atoms with Crippen LogP contribution in [0.3, 0.4) is 0 Å². The van der Waals surface area contributed by atoms with Crippen LogP contribution in [0.4, 0.5) is 5.69 Å². The fraction of sp³-hybridized carbons (Fsp3) is 0.500. The van der Waals surface area contributed by atoms with Crippen molar-refractivity contribution in [1.29, 1.82) is 0 Å². The molecule has 17 heavy (non-hydrogen) atoms. The molecule has 0 spiro atoms. The summed E-state index contributed by atoms with van der Waals surface area (Å²) in [6.45, 7) is 5.32. The third kappa shape index (κ3) is 5.18. The zero-order valence-corrected chi connectivity index (χ0v) is 11.8. The van der Waals surface area contributed by atoms with Crippen molar-refractivity contribution in [2.45, 2.75) is 33.1 Å². The molecule has 1 aromatic carbocycles. The number of hydrogen-bond acceptors (Lipinski definition) is 2. The van der Waals surface area contributed by atoms with Crippen molar-refractivity contribution in [3.05, 3.63) is 29.3 Å². The van der Waals surface area contributed by atoms with E-state index in [0.717, 1.165) is 25.8 Å². The number of nitrogens with zero attached hydrogens (tertiary/aromatic N) is 1. The molecular formula is C14H22N2S. The van der Waals surface area contributed by atoms with Crippen LogP contribution in [0, 0.1) is 13.8 Å². The molecule has 3 heteroatoms. The minimum Gasteiger partial charge on any atom is -0.393 e. The lowest BCUT2D eigenvalue weighted by atomic mass is 10.1. The molecule has 0 fully saturated rings. The first-order chi connectivity index (χ1) is 7.99. The molecule has 0 atom stereocenters. The summed E-state index contributed by atoms with van der Waals surface area (Å²) in [5.74, 6) is 0. The molecule has 94 valence electrons. The van der Waals surface area contributed by atoms with Crippen LogP contribution in [0.5, 0.6) is 0 Å². The first-order valence-corrected chi connectivity index (χ1v) is 6.47. The van der Waals surface area contributed by atoms with Gasteiger partial charge >= 0.3 is 0 Å². The second-order valence-corrected chi connectivity index (χ2v) is 5.22. The fourth-order valence-electron chi connectivity index (χ4n) is 1.95. The summed E-state index contributed by atoms with van der Waals surface area (Å²) in [4.78, 5) is 2.92. The number of aryl methyl sites for hydroxylation is 2. The first kappa shape index (κ1) is 14.0. The topological polar surface area (TPSA) is 29.3 Å². The largest absolute Gasteiger partial charge is 0.393 e. The van der Waals surface area contributed by atoms with E-state index in [1.807, 2.05) is 0 Å². The van der Waals surface area contributed by atoms with Gasteiger partial charge in [-0.3, -0.25) is 0 Å². The van der Waals surface area contributed by atoms with E-state index >= 15 is 0 Å². The molecule has 2 nitrogen and oxygen atoms in total. The Morgan fingerprint density at radius 2 is 1.76 bits per heavy atom. The van der Waals surface area contributed by atoms with Crippen LogP contribution in [0.1, 0.15) is 30.4 Å². The number of rotatable bonds is 6. The molecule has 0 aliphatic heterocycles. The van der Waals surface area contributed by atoms with E-state index in [-0.39, 0.29) is 0 Å². The second-order valence-electron chi connectivity index (χ2n) is 4.69. The van der Waals surface area contributed by atoms with Gasteiger partial charge in [0, 0.05) is 19.3 Å². The summed E-state index contributed by atoms with van der Waals surface area (Å²) in [6, 6.07) is 6.64. The Kier molecular flexibility index (Phi) is 5.42. The standard InChI is InChI=1S/C14H22N2S/c1-11-8-12(2)10-13(9-11)16(3)7-5-4-6-14(15)17/h8-10H,4-7H2,1-3H3,(H2,15,17). The Morgan fingerprint density at radius 3 is 2.29 bits per heavy atom. The Morgan fingerprint density at radius 1 is 1.18 bits per heavy atom. The number of hydrogen-bond donors (Lipinski definition) is 1. The van der Waals surface area contributed by atoms with Gasteiger partial charge in [-0.05, 0) is 56.4 Å². The molecule has 0 aliphatic carbocycles. The summed E-state index contributed by atoms with van der Waals surface area (Å²) in [7, 11) is 2.13. The number of anilines is 1. The zero-order chi connectivity index (χ0) is 12.8. The van der Waals surface area contributed by atoms with E-state index in [1.165, 1.54) is 16.8 Å². The van der Waals surface area contributed by atoms with Crippen molar-refractivity contribution in [3.63, 3.8) is 0 Å². The molecule has 2 N–H and O–H groups in total. The molecule has 0 aromatic heterocycles. The van der Waals surface area contributed by atoms with Crippen molar-refractivity contribution in [1.82, 2.24) is 0 Å². The van der Waals surface area contributed by atoms with E-state index in [9.17, 15) is 0 Å². The van der Waals surface area contributed by atoms with Gasteiger partial charge in [0.15, 0.2) is 0 Å². The zero-order valence-electron chi connectivity index (χ0n) is 11.0. The molecule has 0 unspecified atom stereocenters. The molecule has 1 rings (SSSR count). The molecule has 0 aliphatic rings. The average Bonchev–Trinajstić information content (AvgIpc) is 2.22. The van der Waals surface area contributed by atoms with Gasteiger partial charge in [0.05, 0.1) is 4.99 Å². The fourth-order valence-corrected chi connectivity index (χ4v) is 2.09. The number of unbranched alkanes of at least 4 members (excludes halogenated alkanes) is 1. The van der Waals surface area contributed by atoms with E-state index in [1.54, 1.807) is 0 Å². The lowest BCUT2D eigenvalue weighted by molar-refractivity contribution is 0.742. The Balaban J connectivity index is 2.46. The first-order valence-electron chi connectivity index (χ1n) is 6.07. The van der Waals surface area contributed by atoms with E-state index in [4.69, 9.17) is 18.0 Å². The third-order valence-corrected chi connectivity index (χ3v) is 3.02. The maximum atomic E-state index is 5.48. The van der Waals surface area contributed by atoms with Crippen LogP contribution in [0.15, 0.2) is 18.2 Å². The number of nitrogens with two attached hydrogens (primary N) is 1. The summed E-state index contributed by atoms with van der Waals surface area (Å²) in [6.07, 6.45) is 3.06. The number of benzene rings is 1. The Bertz CT molecular complexity index is 368. The van der Waals surface area contributed by atoms with Gasteiger partial charge in [-0.2, -0.15) is 0 Å². The van der Waals surface area contributed by atoms with Crippen molar-refractivity contribution >= 4 is 22.9 Å². The maximum absolute atomic E-state index is 5.48. The minimum absolute atomic E-state index is 0.624. The average molecular weight is 250 g/mol. The van der Waals surface area contributed by atoms with Crippen LogP contribution >= 0.6 is 12.2 Å². The van der Waals surface area contributed by atoms with Gasteiger partial charge in [0.2, 0.25) is 0 Å². The molecule has 0 amide bonds.